The Balaban J connectivity index is 1.57. The topological polar surface area (TPSA) is 86.2 Å². The zero-order valence-electron chi connectivity index (χ0n) is 18.6. The molecule has 0 radical (unpaired) electrons. The molecule has 1 N–H and O–H groups in total. The van der Waals surface area contributed by atoms with Gasteiger partial charge in [-0.1, -0.05) is 42.1 Å². The second-order valence-corrected chi connectivity index (χ2v) is 8.49. The van der Waals surface area contributed by atoms with Crippen LogP contribution in [0.2, 0.25) is 0 Å². The number of H-pyrrole nitrogens is 1. The van der Waals surface area contributed by atoms with Crippen molar-refractivity contribution in [3.8, 4) is 17.2 Å². The molecule has 0 atom stereocenters. The van der Waals surface area contributed by atoms with Gasteiger partial charge in [0.05, 0.1) is 36.6 Å². The Labute approximate surface area is 199 Å². The number of ketones is 1. The molecule has 0 saturated heterocycles. The first-order valence-electron chi connectivity index (χ1n) is 10.6. The van der Waals surface area contributed by atoms with Crippen molar-refractivity contribution in [2.24, 2.45) is 0 Å². The first-order chi connectivity index (χ1) is 16.6. The zero-order valence-corrected chi connectivity index (χ0v) is 19.4. The number of thioether (sulfide) groups is 1. The molecule has 5 aromatic rings. The fraction of sp³-hybridized carbons (Fsp3) is 0.115. The average Bonchev–Trinajstić information content (AvgIpc) is 3.31. The summed E-state index contributed by atoms with van der Waals surface area (Å²) >= 11 is 1.23. The highest BCUT2D eigenvalue weighted by molar-refractivity contribution is 7.99. The molecule has 170 valence electrons. The van der Waals surface area contributed by atoms with E-state index in [9.17, 15) is 9.59 Å². The van der Waals surface area contributed by atoms with Gasteiger partial charge in [-0.2, -0.15) is 0 Å². The van der Waals surface area contributed by atoms with Crippen LogP contribution in [0, 0.1) is 0 Å². The molecule has 34 heavy (non-hydrogen) atoms. The van der Waals surface area contributed by atoms with Crippen molar-refractivity contribution < 1.29 is 14.3 Å². The van der Waals surface area contributed by atoms with Gasteiger partial charge >= 0.3 is 0 Å². The van der Waals surface area contributed by atoms with Crippen molar-refractivity contribution in [3.63, 3.8) is 0 Å². The summed E-state index contributed by atoms with van der Waals surface area (Å²) in [6, 6.07) is 20.1. The molecule has 0 aliphatic heterocycles. The average molecular weight is 472 g/mol. The number of hydrogen-bond donors (Lipinski definition) is 1. The molecule has 0 amide bonds. The summed E-state index contributed by atoms with van der Waals surface area (Å²) in [6.07, 6.45) is 1.72. The van der Waals surface area contributed by atoms with E-state index < -0.39 is 0 Å². The molecule has 0 aliphatic carbocycles. The van der Waals surface area contributed by atoms with E-state index in [4.69, 9.17) is 14.5 Å². The number of nitrogens with zero attached hydrogens (tertiary/aromatic N) is 2. The van der Waals surface area contributed by atoms with Gasteiger partial charge in [0.15, 0.2) is 22.4 Å². The number of hydrogen-bond acceptors (Lipinski definition) is 6. The van der Waals surface area contributed by atoms with Gasteiger partial charge in [-0.25, -0.2) is 4.98 Å². The summed E-state index contributed by atoms with van der Waals surface area (Å²) in [6.45, 7) is 0. The molecule has 2 heterocycles. The number of Topliss-reactive ketones (excluding diaryl/α,β-unsaturated/α-hetero) is 1. The van der Waals surface area contributed by atoms with Crippen LogP contribution in [0.25, 0.3) is 27.5 Å². The van der Waals surface area contributed by atoms with Crippen LogP contribution in [0.3, 0.4) is 0 Å². The van der Waals surface area contributed by atoms with Gasteiger partial charge in [0, 0.05) is 28.7 Å². The molecule has 3 aromatic carbocycles. The number of aromatic nitrogens is 3. The van der Waals surface area contributed by atoms with E-state index in [-0.39, 0.29) is 17.1 Å². The normalized spacial score (nSPS) is 11.1. The van der Waals surface area contributed by atoms with Crippen LogP contribution in [0.1, 0.15) is 10.4 Å². The van der Waals surface area contributed by atoms with E-state index in [2.05, 4.69) is 4.98 Å². The van der Waals surface area contributed by atoms with Crippen LogP contribution in [-0.2, 0) is 0 Å². The Morgan fingerprint density at radius 1 is 0.971 bits per heavy atom. The highest BCUT2D eigenvalue weighted by Gasteiger charge is 2.18. The van der Waals surface area contributed by atoms with Crippen LogP contribution in [0.15, 0.2) is 82.9 Å². The quantitative estimate of drug-likeness (QED) is 0.207. The molecular weight excluding hydrogens is 450 g/mol. The number of methoxy groups -OCH3 is 2. The fourth-order valence-corrected chi connectivity index (χ4v) is 4.81. The van der Waals surface area contributed by atoms with Crippen LogP contribution in [-0.4, -0.2) is 40.3 Å². The first-order valence-corrected chi connectivity index (χ1v) is 11.6. The van der Waals surface area contributed by atoms with Gasteiger partial charge in [-0.3, -0.25) is 14.2 Å². The van der Waals surface area contributed by atoms with Gasteiger partial charge in [-0.05, 0) is 30.3 Å². The number of para-hydroxylation sites is 2. The van der Waals surface area contributed by atoms with Gasteiger partial charge in [0.1, 0.15) is 0 Å². The van der Waals surface area contributed by atoms with E-state index in [1.807, 2.05) is 30.3 Å². The number of rotatable bonds is 7. The van der Waals surface area contributed by atoms with Crippen molar-refractivity contribution in [1.82, 2.24) is 14.5 Å². The van der Waals surface area contributed by atoms with Gasteiger partial charge in [0.25, 0.3) is 5.56 Å². The lowest BCUT2D eigenvalue weighted by Crippen LogP contribution is -2.22. The monoisotopic (exact) mass is 471 g/mol. The minimum absolute atomic E-state index is 0.0521. The molecular formula is C26H21N3O4S. The smallest absolute Gasteiger partial charge is 0.266 e. The molecule has 2 aromatic heterocycles. The van der Waals surface area contributed by atoms with Crippen molar-refractivity contribution in [2.75, 3.05) is 20.0 Å². The Morgan fingerprint density at radius 3 is 2.50 bits per heavy atom. The van der Waals surface area contributed by atoms with Crippen LogP contribution >= 0.6 is 11.8 Å². The summed E-state index contributed by atoms with van der Waals surface area (Å²) in [5.41, 5.74) is 2.44. The van der Waals surface area contributed by atoms with E-state index >= 15 is 0 Å². The van der Waals surface area contributed by atoms with Gasteiger partial charge in [0.2, 0.25) is 0 Å². The minimum atomic E-state index is -0.222. The molecule has 5 rings (SSSR count). The van der Waals surface area contributed by atoms with Crippen molar-refractivity contribution in [1.29, 1.82) is 0 Å². The second kappa shape index (κ2) is 9.07. The predicted octanol–water partition coefficient (Wildman–Crippen LogP) is 4.86. The predicted molar refractivity (Wildman–Crippen MR) is 134 cm³/mol. The number of aromatic amines is 1. The number of benzene rings is 3. The third-order valence-corrected chi connectivity index (χ3v) is 6.53. The molecule has 0 saturated carbocycles. The summed E-state index contributed by atoms with van der Waals surface area (Å²) in [5.74, 6) is 1.12. The third kappa shape index (κ3) is 3.82. The Bertz CT molecular complexity index is 1590. The summed E-state index contributed by atoms with van der Waals surface area (Å²) in [5, 5.41) is 1.78. The summed E-state index contributed by atoms with van der Waals surface area (Å²) in [4.78, 5) is 34.4. The molecule has 0 bridgehead atoms. The van der Waals surface area contributed by atoms with E-state index in [1.165, 1.54) is 16.3 Å². The molecule has 8 heteroatoms. The lowest BCUT2D eigenvalue weighted by atomic mass is 10.1. The molecule has 0 aliphatic rings. The van der Waals surface area contributed by atoms with Gasteiger partial charge < -0.3 is 14.5 Å². The maximum absolute atomic E-state index is 13.5. The molecule has 0 unspecified atom stereocenters. The molecule has 7 nitrogen and oxygen atoms in total. The lowest BCUT2D eigenvalue weighted by molar-refractivity contribution is 0.102. The van der Waals surface area contributed by atoms with Crippen molar-refractivity contribution >= 4 is 39.4 Å². The number of nitrogens with one attached hydrogen (secondary N) is 1. The Hall–Kier alpha value is -4.04. The van der Waals surface area contributed by atoms with Crippen LogP contribution < -0.4 is 15.0 Å². The van der Waals surface area contributed by atoms with Crippen LogP contribution in [0.4, 0.5) is 0 Å². The summed E-state index contributed by atoms with van der Waals surface area (Å²) in [7, 11) is 3.09. The van der Waals surface area contributed by atoms with Crippen molar-refractivity contribution in [3.05, 3.63) is 88.8 Å². The number of carbonyl (C=O) groups is 1. The Kier molecular flexibility index (Phi) is 5.81. The van der Waals surface area contributed by atoms with Crippen molar-refractivity contribution in [2.45, 2.75) is 5.16 Å². The highest BCUT2D eigenvalue weighted by atomic mass is 32.2. The molecule has 0 spiro atoms. The lowest BCUT2D eigenvalue weighted by Gasteiger charge is -2.15. The fourth-order valence-electron chi connectivity index (χ4n) is 3.91. The van der Waals surface area contributed by atoms with Gasteiger partial charge in [-0.15, -0.1) is 0 Å². The maximum Gasteiger partial charge on any atom is 0.266 e. The second-order valence-electron chi connectivity index (χ2n) is 7.55. The number of fused-ring (bicyclic) bond motifs is 2. The molecule has 0 fully saturated rings. The van der Waals surface area contributed by atoms with E-state index in [0.29, 0.717) is 38.8 Å². The Morgan fingerprint density at radius 2 is 1.71 bits per heavy atom. The maximum atomic E-state index is 13.5. The van der Waals surface area contributed by atoms with E-state index in [0.717, 1.165) is 10.9 Å². The minimum Gasteiger partial charge on any atom is -0.493 e. The summed E-state index contributed by atoms with van der Waals surface area (Å²) < 4.78 is 12.3. The SMILES string of the molecule is COc1ccc(-n2c(SCC(=O)c3c[nH]c4ccccc34)nc3ccccc3c2=O)cc1OC. The number of carbonyl (C=O) groups excluding carboxylic acids is 1. The highest BCUT2D eigenvalue weighted by Crippen LogP contribution is 2.31. The zero-order chi connectivity index (χ0) is 23.7. The standard InChI is InChI=1S/C26H21N3O4S/c1-32-23-12-11-16(13-24(23)33-2)29-25(31)18-8-4-6-10-21(18)28-26(29)34-15-22(30)19-14-27-20-9-5-3-7-17(19)20/h3-14,27H,15H2,1-2H3. The van der Waals surface area contributed by atoms with E-state index in [1.54, 1.807) is 56.8 Å². The third-order valence-electron chi connectivity index (χ3n) is 5.59. The van der Waals surface area contributed by atoms with Crippen LogP contribution in [0.5, 0.6) is 11.5 Å². The largest absolute Gasteiger partial charge is 0.493 e. The number of ether oxygens (including phenoxy) is 2. The first kappa shape index (κ1) is 21.8.